The molecule has 0 aromatic carbocycles. The van der Waals surface area contributed by atoms with Crippen LogP contribution in [0.25, 0.3) is 0 Å². The van der Waals surface area contributed by atoms with E-state index in [0.29, 0.717) is 5.69 Å². The molecule has 0 bridgehead atoms. The van der Waals surface area contributed by atoms with Crippen molar-refractivity contribution in [1.82, 2.24) is 4.98 Å². The minimum Gasteiger partial charge on any atom is -0.464 e. The Bertz CT molecular complexity index is 387. The lowest BCUT2D eigenvalue weighted by atomic mass is 9.96. The summed E-state index contributed by atoms with van der Waals surface area (Å²) in [7, 11) is 1.33. The van der Waals surface area contributed by atoms with Crippen molar-refractivity contribution >= 4 is 17.3 Å². The van der Waals surface area contributed by atoms with Crippen LogP contribution in [0.4, 0.5) is 0 Å². The molecule has 0 radical (unpaired) electrons. The van der Waals surface area contributed by atoms with E-state index >= 15 is 0 Å². The first-order valence-corrected chi connectivity index (χ1v) is 4.91. The number of carbonyl (C=O) groups excluding carboxylic acids is 1. The quantitative estimate of drug-likeness (QED) is 0.551. The molecule has 0 aliphatic carbocycles. The van der Waals surface area contributed by atoms with E-state index in [0.717, 1.165) is 5.01 Å². The molecule has 0 unspecified atom stereocenters. The second-order valence-electron chi connectivity index (χ2n) is 3.30. The Morgan fingerprint density at radius 2 is 2.36 bits per heavy atom. The number of hydrogen-bond donors (Lipinski definition) is 0. The number of thiazole rings is 1. The van der Waals surface area contributed by atoms with Gasteiger partial charge < -0.3 is 4.74 Å². The maximum absolute atomic E-state index is 11.1. The summed E-state index contributed by atoms with van der Waals surface area (Å²) in [5.41, 5.74) is -0.118. The van der Waals surface area contributed by atoms with Gasteiger partial charge in [0.05, 0.1) is 12.5 Å². The van der Waals surface area contributed by atoms with Crippen LogP contribution < -0.4 is 0 Å². The lowest BCUT2D eigenvalue weighted by molar-refractivity contribution is 0.0594. The predicted molar refractivity (Wildman–Crippen MR) is 55.3 cm³/mol. The van der Waals surface area contributed by atoms with Crippen LogP contribution in [0.2, 0.25) is 0 Å². The molecule has 1 aromatic heterocycles. The molecule has 1 rings (SSSR count). The molecule has 4 heteroatoms. The number of nitrogens with zero attached hydrogens (tertiary/aromatic N) is 1. The molecule has 0 spiro atoms. The van der Waals surface area contributed by atoms with E-state index in [1.165, 1.54) is 18.4 Å². The highest BCUT2D eigenvalue weighted by Gasteiger charge is 2.23. The summed E-state index contributed by atoms with van der Waals surface area (Å²) in [6.07, 6.45) is 5.36. The van der Waals surface area contributed by atoms with Crippen molar-refractivity contribution in [3.63, 3.8) is 0 Å². The van der Waals surface area contributed by atoms with Crippen LogP contribution >= 0.6 is 11.3 Å². The van der Waals surface area contributed by atoms with Gasteiger partial charge in [0.2, 0.25) is 0 Å². The van der Waals surface area contributed by atoms with Crippen LogP contribution in [-0.2, 0) is 10.2 Å². The number of esters is 1. The van der Waals surface area contributed by atoms with Crippen LogP contribution in [0, 0.1) is 12.3 Å². The fourth-order valence-corrected chi connectivity index (χ4v) is 1.70. The zero-order valence-corrected chi connectivity index (χ0v) is 9.14. The van der Waals surface area contributed by atoms with Crippen LogP contribution in [0.5, 0.6) is 0 Å². The second kappa shape index (κ2) is 3.81. The van der Waals surface area contributed by atoms with Gasteiger partial charge in [0.25, 0.3) is 0 Å². The molecule has 74 valence electrons. The van der Waals surface area contributed by atoms with E-state index in [1.807, 2.05) is 13.8 Å². The number of aromatic nitrogens is 1. The largest absolute Gasteiger partial charge is 0.464 e. The van der Waals surface area contributed by atoms with Gasteiger partial charge in [-0.25, -0.2) is 9.78 Å². The van der Waals surface area contributed by atoms with Crippen molar-refractivity contribution in [2.75, 3.05) is 7.11 Å². The maximum Gasteiger partial charge on any atom is 0.357 e. The van der Waals surface area contributed by atoms with Crippen molar-refractivity contribution in [2.45, 2.75) is 19.3 Å². The van der Waals surface area contributed by atoms with Crippen molar-refractivity contribution < 1.29 is 9.53 Å². The number of carbonyl (C=O) groups is 1. The Hall–Kier alpha value is -1.34. The van der Waals surface area contributed by atoms with Crippen molar-refractivity contribution in [1.29, 1.82) is 0 Å². The van der Waals surface area contributed by atoms with E-state index in [-0.39, 0.29) is 0 Å². The molecule has 0 saturated heterocycles. The third kappa shape index (κ3) is 1.94. The summed E-state index contributed by atoms with van der Waals surface area (Å²) in [4.78, 5) is 15.2. The van der Waals surface area contributed by atoms with Gasteiger partial charge in [-0.3, -0.25) is 0 Å². The van der Waals surface area contributed by atoms with Gasteiger partial charge in [-0.2, -0.15) is 0 Å². The molecule has 0 aliphatic rings. The lowest BCUT2D eigenvalue weighted by Gasteiger charge is -2.12. The van der Waals surface area contributed by atoms with Crippen molar-refractivity contribution in [3.8, 4) is 12.3 Å². The molecule has 0 amide bonds. The normalized spacial score (nSPS) is 10.7. The van der Waals surface area contributed by atoms with Crippen LogP contribution in [-0.4, -0.2) is 18.1 Å². The van der Waals surface area contributed by atoms with Crippen LogP contribution in [0.1, 0.15) is 29.3 Å². The molecule has 0 atom stereocenters. The molecule has 3 nitrogen and oxygen atoms in total. The molecule has 0 aliphatic heterocycles. The fraction of sp³-hybridized carbons (Fsp3) is 0.400. The molecular formula is C10H11NO2S. The monoisotopic (exact) mass is 209 g/mol. The average Bonchev–Trinajstić information content (AvgIpc) is 2.66. The van der Waals surface area contributed by atoms with E-state index in [1.54, 1.807) is 5.38 Å². The highest BCUT2D eigenvalue weighted by molar-refractivity contribution is 7.10. The predicted octanol–water partition coefficient (Wildman–Crippen LogP) is 1.84. The zero-order valence-electron chi connectivity index (χ0n) is 8.33. The Balaban J connectivity index is 3.01. The number of methoxy groups -OCH3 is 1. The highest BCUT2D eigenvalue weighted by Crippen LogP contribution is 2.25. The summed E-state index contributed by atoms with van der Waals surface area (Å²) in [5, 5.41) is 2.40. The smallest absolute Gasteiger partial charge is 0.357 e. The minimum atomic E-state index is -0.434. The van der Waals surface area contributed by atoms with Gasteiger partial charge in [0.15, 0.2) is 5.69 Å². The number of hydrogen-bond acceptors (Lipinski definition) is 4. The first-order valence-electron chi connectivity index (χ1n) is 4.03. The average molecular weight is 209 g/mol. The van der Waals surface area contributed by atoms with Crippen LogP contribution in [0.3, 0.4) is 0 Å². The zero-order chi connectivity index (χ0) is 10.8. The summed E-state index contributed by atoms with van der Waals surface area (Å²) in [6, 6.07) is 0. The molecular weight excluding hydrogens is 198 g/mol. The molecule has 1 aromatic rings. The Morgan fingerprint density at radius 3 is 2.86 bits per heavy atom. The van der Waals surface area contributed by atoms with E-state index in [2.05, 4.69) is 15.6 Å². The first kappa shape index (κ1) is 10.7. The maximum atomic E-state index is 11.1. The van der Waals surface area contributed by atoms with Gasteiger partial charge >= 0.3 is 5.97 Å². The third-order valence-corrected chi connectivity index (χ3v) is 2.96. The van der Waals surface area contributed by atoms with Crippen molar-refractivity contribution in [3.05, 3.63) is 16.1 Å². The summed E-state index contributed by atoms with van der Waals surface area (Å²) in [6.45, 7) is 3.76. The highest BCUT2D eigenvalue weighted by atomic mass is 32.1. The van der Waals surface area contributed by atoms with Gasteiger partial charge in [-0.05, 0) is 13.8 Å². The lowest BCUT2D eigenvalue weighted by Crippen LogP contribution is -2.14. The van der Waals surface area contributed by atoms with E-state index < -0.39 is 11.4 Å². The number of ether oxygens (including phenoxy) is 1. The molecule has 0 N–H and O–H groups in total. The molecule has 0 saturated carbocycles. The Morgan fingerprint density at radius 1 is 1.71 bits per heavy atom. The SMILES string of the molecule is C#CC(C)(C)c1nc(C(=O)OC)cs1. The summed E-state index contributed by atoms with van der Waals surface area (Å²) < 4.78 is 4.55. The van der Waals surface area contributed by atoms with Gasteiger partial charge in [-0.1, -0.05) is 5.92 Å². The minimum absolute atomic E-state index is 0.316. The third-order valence-electron chi connectivity index (χ3n) is 1.79. The van der Waals surface area contributed by atoms with Crippen molar-refractivity contribution in [2.24, 2.45) is 0 Å². The molecule has 1 heterocycles. The summed E-state index contributed by atoms with van der Waals surface area (Å²) in [5.74, 6) is 2.19. The number of terminal acetylenes is 1. The molecule has 0 fully saturated rings. The number of rotatable bonds is 2. The van der Waals surface area contributed by atoms with E-state index in [4.69, 9.17) is 6.42 Å². The Kier molecular flexibility index (Phi) is 2.92. The van der Waals surface area contributed by atoms with Gasteiger partial charge in [0, 0.05) is 5.38 Å². The summed E-state index contributed by atoms with van der Waals surface area (Å²) >= 11 is 1.37. The van der Waals surface area contributed by atoms with Crippen LogP contribution in [0.15, 0.2) is 5.38 Å². The van der Waals surface area contributed by atoms with E-state index in [9.17, 15) is 4.79 Å². The molecule has 14 heavy (non-hydrogen) atoms. The fourth-order valence-electron chi connectivity index (χ4n) is 0.821. The van der Waals surface area contributed by atoms with Gasteiger partial charge in [-0.15, -0.1) is 17.8 Å². The first-order chi connectivity index (χ1) is 6.51. The topological polar surface area (TPSA) is 39.2 Å². The van der Waals surface area contributed by atoms with Gasteiger partial charge in [0.1, 0.15) is 5.01 Å². The second-order valence-corrected chi connectivity index (χ2v) is 4.16. The standard InChI is InChI=1S/C10H11NO2S/c1-5-10(2,3)9-11-7(6-14-9)8(12)13-4/h1,6H,2-4H3. The Labute approximate surface area is 87.1 Å².